The van der Waals surface area contributed by atoms with E-state index in [-0.39, 0.29) is 11.3 Å². The Morgan fingerprint density at radius 2 is 1.95 bits per heavy atom. The lowest BCUT2D eigenvalue weighted by Crippen LogP contribution is -2.07. The summed E-state index contributed by atoms with van der Waals surface area (Å²) in [4.78, 5) is 21.3. The highest BCUT2D eigenvalue weighted by Crippen LogP contribution is 2.23. The van der Waals surface area contributed by atoms with Gasteiger partial charge in [0.15, 0.2) is 0 Å². The van der Waals surface area contributed by atoms with Crippen molar-refractivity contribution in [1.82, 2.24) is 0 Å². The van der Waals surface area contributed by atoms with E-state index in [2.05, 4.69) is 5.32 Å². The fourth-order valence-electron chi connectivity index (χ4n) is 1.98. The van der Waals surface area contributed by atoms with Gasteiger partial charge in [0.25, 0.3) is 5.69 Å². The molecule has 2 aromatic rings. The van der Waals surface area contributed by atoms with E-state index in [1.54, 1.807) is 30.3 Å². The van der Waals surface area contributed by atoms with Gasteiger partial charge >= 0.3 is 5.97 Å². The van der Waals surface area contributed by atoms with Crippen LogP contribution < -0.4 is 5.32 Å². The Labute approximate surface area is 121 Å². The molecule has 21 heavy (non-hydrogen) atoms. The summed E-state index contributed by atoms with van der Waals surface area (Å²) in [7, 11) is 0. The molecule has 0 spiro atoms. The number of hydrogen-bond acceptors (Lipinski definition) is 4. The van der Waals surface area contributed by atoms with E-state index in [1.165, 1.54) is 12.1 Å². The number of nitrogens with one attached hydrogen (secondary N) is 1. The van der Waals surface area contributed by atoms with Gasteiger partial charge in [-0.3, -0.25) is 10.1 Å². The van der Waals surface area contributed by atoms with Crippen LogP contribution in [0.1, 0.15) is 15.9 Å². The first-order chi connectivity index (χ1) is 10.1. The molecule has 0 atom stereocenters. The van der Waals surface area contributed by atoms with Crippen LogP contribution in [0, 0.1) is 10.1 Å². The van der Waals surface area contributed by atoms with E-state index in [0.29, 0.717) is 18.7 Å². The van der Waals surface area contributed by atoms with Crippen molar-refractivity contribution in [2.45, 2.75) is 6.42 Å². The summed E-state index contributed by atoms with van der Waals surface area (Å²) in [6, 6.07) is 13.1. The molecular formula is C15H14N2O4. The van der Waals surface area contributed by atoms with Crippen LogP contribution >= 0.6 is 0 Å². The molecule has 2 N–H and O–H groups in total. The molecule has 0 aliphatic carbocycles. The highest BCUT2D eigenvalue weighted by molar-refractivity contribution is 5.87. The van der Waals surface area contributed by atoms with Crippen LogP contribution in [0.25, 0.3) is 0 Å². The Kier molecular flexibility index (Phi) is 4.50. The minimum atomic E-state index is -0.969. The Morgan fingerprint density at radius 3 is 2.67 bits per heavy atom. The number of aromatic carboxylic acids is 1. The summed E-state index contributed by atoms with van der Waals surface area (Å²) in [5.41, 5.74) is 1.58. The first-order valence-electron chi connectivity index (χ1n) is 6.37. The summed E-state index contributed by atoms with van der Waals surface area (Å²) >= 11 is 0. The lowest BCUT2D eigenvalue weighted by atomic mass is 10.1. The van der Waals surface area contributed by atoms with Crippen molar-refractivity contribution in [1.29, 1.82) is 0 Å². The van der Waals surface area contributed by atoms with Crippen molar-refractivity contribution in [2.24, 2.45) is 0 Å². The fourth-order valence-corrected chi connectivity index (χ4v) is 1.98. The van der Waals surface area contributed by atoms with E-state index in [4.69, 9.17) is 5.11 Å². The average Bonchev–Trinajstić information content (AvgIpc) is 2.48. The molecule has 0 aliphatic rings. The van der Waals surface area contributed by atoms with Crippen LogP contribution in [0.5, 0.6) is 0 Å². The van der Waals surface area contributed by atoms with Crippen molar-refractivity contribution in [3.05, 3.63) is 69.8 Å². The smallest absolute Gasteiger partial charge is 0.335 e. The molecule has 2 rings (SSSR count). The zero-order valence-corrected chi connectivity index (χ0v) is 11.2. The summed E-state index contributed by atoms with van der Waals surface area (Å²) in [5.74, 6) is -0.969. The van der Waals surface area contributed by atoms with Gasteiger partial charge in [-0.25, -0.2) is 4.79 Å². The van der Waals surface area contributed by atoms with Crippen LogP contribution in [0.4, 0.5) is 11.4 Å². The lowest BCUT2D eigenvalue weighted by molar-refractivity contribution is -0.384. The number of anilines is 1. The van der Waals surface area contributed by atoms with Crippen molar-refractivity contribution < 1.29 is 14.8 Å². The predicted molar refractivity (Wildman–Crippen MR) is 78.7 cm³/mol. The summed E-state index contributed by atoms with van der Waals surface area (Å²) in [5, 5.41) is 22.8. The van der Waals surface area contributed by atoms with Crippen LogP contribution in [0.15, 0.2) is 48.5 Å². The van der Waals surface area contributed by atoms with Gasteiger partial charge in [-0.2, -0.15) is 0 Å². The second-order valence-electron chi connectivity index (χ2n) is 4.46. The number of carbonyl (C=O) groups is 1. The molecule has 0 aromatic heterocycles. The Morgan fingerprint density at radius 1 is 1.19 bits per heavy atom. The van der Waals surface area contributed by atoms with Crippen LogP contribution in [0.3, 0.4) is 0 Å². The maximum Gasteiger partial charge on any atom is 0.335 e. The van der Waals surface area contributed by atoms with Crippen LogP contribution in [0.2, 0.25) is 0 Å². The number of benzene rings is 2. The lowest BCUT2D eigenvalue weighted by Gasteiger charge is -2.07. The summed E-state index contributed by atoms with van der Waals surface area (Å²) < 4.78 is 0. The number of para-hydroxylation sites is 2. The van der Waals surface area contributed by atoms with Crippen molar-refractivity contribution in [2.75, 3.05) is 11.9 Å². The zero-order chi connectivity index (χ0) is 15.2. The first-order valence-corrected chi connectivity index (χ1v) is 6.37. The molecule has 6 heteroatoms. The minimum absolute atomic E-state index is 0.0248. The molecular weight excluding hydrogens is 272 g/mol. The van der Waals surface area contributed by atoms with Gasteiger partial charge in [-0.05, 0) is 30.2 Å². The Balaban J connectivity index is 2.00. The molecule has 0 radical (unpaired) electrons. The normalized spacial score (nSPS) is 10.1. The van der Waals surface area contributed by atoms with Crippen molar-refractivity contribution >= 4 is 17.3 Å². The summed E-state index contributed by atoms with van der Waals surface area (Å²) in [6.45, 7) is 0.480. The minimum Gasteiger partial charge on any atom is -0.478 e. The second kappa shape index (κ2) is 6.51. The Bertz CT molecular complexity index is 670. The summed E-state index contributed by atoms with van der Waals surface area (Å²) in [6.07, 6.45) is 0.577. The average molecular weight is 286 g/mol. The Hall–Kier alpha value is -2.89. The molecule has 0 saturated heterocycles. The van der Waals surface area contributed by atoms with Gasteiger partial charge in [-0.1, -0.05) is 24.3 Å². The third kappa shape index (κ3) is 3.79. The molecule has 0 heterocycles. The number of nitro groups is 1. The molecule has 0 unspecified atom stereocenters. The monoisotopic (exact) mass is 286 g/mol. The van der Waals surface area contributed by atoms with Gasteiger partial charge < -0.3 is 10.4 Å². The van der Waals surface area contributed by atoms with E-state index in [1.807, 2.05) is 6.07 Å². The molecule has 6 nitrogen and oxygen atoms in total. The molecule has 0 bridgehead atoms. The molecule has 0 fully saturated rings. The maximum absolute atomic E-state index is 10.9. The van der Waals surface area contributed by atoms with Crippen molar-refractivity contribution in [3.63, 3.8) is 0 Å². The number of hydrogen-bond donors (Lipinski definition) is 2. The SMILES string of the molecule is O=C(O)c1cccc(CCNc2ccccc2[N+](=O)[O-])c1. The quantitative estimate of drug-likeness (QED) is 0.629. The standard InChI is InChI=1S/C15H14N2O4/c18-15(19)12-5-3-4-11(10-12)8-9-16-13-6-1-2-7-14(13)17(20)21/h1-7,10,16H,8-9H2,(H,18,19). The fraction of sp³-hybridized carbons (Fsp3) is 0.133. The third-order valence-corrected chi connectivity index (χ3v) is 3.00. The number of carboxylic acid groups (broad SMARTS) is 1. The molecule has 108 valence electrons. The van der Waals surface area contributed by atoms with Crippen LogP contribution in [-0.2, 0) is 6.42 Å². The zero-order valence-electron chi connectivity index (χ0n) is 11.2. The first kappa shape index (κ1) is 14.5. The van der Waals surface area contributed by atoms with Gasteiger partial charge in [0.05, 0.1) is 10.5 Å². The highest BCUT2D eigenvalue weighted by atomic mass is 16.6. The van der Waals surface area contributed by atoms with Gasteiger partial charge in [-0.15, -0.1) is 0 Å². The number of nitrogens with zero attached hydrogens (tertiary/aromatic N) is 1. The third-order valence-electron chi connectivity index (χ3n) is 3.00. The van der Waals surface area contributed by atoms with E-state index in [9.17, 15) is 14.9 Å². The largest absolute Gasteiger partial charge is 0.478 e. The maximum atomic E-state index is 10.9. The molecule has 0 saturated carbocycles. The number of nitro benzene ring substituents is 1. The number of rotatable bonds is 6. The van der Waals surface area contributed by atoms with Crippen molar-refractivity contribution in [3.8, 4) is 0 Å². The number of carboxylic acids is 1. The molecule has 2 aromatic carbocycles. The second-order valence-corrected chi connectivity index (χ2v) is 4.46. The predicted octanol–water partition coefficient (Wildman–Crippen LogP) is 2.95. The highest BCUT2D eigenvalue weighted by Gasteiger charge is 2.11. The molecule has 0 amide bonds. The van der Waals surface area contributed by atoms with Gasteiger partial charge in [0.1, 0.15) is 5.69 Å². The van der Waals surface area contributed by atoms with Gasteiger partial charge in [0.2, 0.25) is 0 Å². The van der Waals surface area contributed by atoms with Crippen LogP contribution in [-0.4, -0.2) is 22.5 Å². The van der Waals surface area contributed by atoms with E-state index in [0.717, 1.165) is 5.56 Å². The topological polar surface area (TPSA) is 92.5 Å². The van der Waals surface area contributed by atoms with E-state index >= 15 is 0 Å². The van der Waals surface area contributed by atoms with Gasteiger partial charge in [0, 0.05) is 12.6 Å². The molecule has 0 aliphatic heterocycles. The van der Waals surface area contributed by atoms with E-state index < -0.39 is 10.9 Å².